The van der Waals surface area contributed by atoms with Gasteiger partial charge in [0.25, 0.3) is 0 Å². The van der Waals surface area contributed by atoms with Gasteiger partial charge in [-0.15, -0.1) is 10.2 Å². The predicted molar refractivity (Wildman–Crippen MR) is 49.4 cm³/mol. The Bertz CT molecular complexity index is 297. The molecule has 6 heteroatoms. The summed E-state index contributed by atoms with van der Waals surface area (Å²) in [5, 5.41) is 30.7. The maximum Gasteiger partial charge on any atom is 0.177 e. The summed E-state index contributed by atoms with van der Waals surface area (Å²) < 4.78 is 0. The minimum atomic E-state index is -1.10. The van der Waals surface area contributed by atoms with Gasteiger partial charge in [0.2, 0.25) is 0 Å². The van der Waals surface area contributed by atoms with E-state index in [0.29, 0.717) is 12.2 Å². The molecule has 0 radical (unpaired) electrons. The minimum absolute atomic E-state index is 0.217. The quantitative estimate of drug-likeness (QED) is 0.669. The second-order valence-corrected chi connectivity index (χ2v) is 3.63. The summed E-state index contributed by atoms with van der Waals surface area (Å²) in [6.07, 6.45) is -0.167. The van der Waals surface area contributed by atoms with Gasteiger partial charge in [0.15, 0.2) is 5.82 Å². The zero-order valence-electron chi connectivity index (χ0n) is 8.67. The summed E-state index contributed by atoms with van der Waals surface area (Å²) >= 11 is 0. The highest BCUT2D eigenvalue weighted by Gasteiger charge is 2.29. The molecule has 0 bridgehead atoms. The predicted octanol–water partition coefficient (Wildman–Crippen LogP) is -0.726. The highest BCUT2D eigenvalue weighted by molar-refractivity contribution is 4.89. The van der Waals surface area contributed by atoms with Gasteiger partial charge in [-0.1, -0.05) is 6.92 Å². The number of tetrazole rings is 1. The average Bonchev–Trinajstić information content (AvgIpc) is 2.51. The molecule has 80 valence electrons. The maximum absolute atomic E-state index is 9.73. The highest BCUT2D eigenvalue weighted by Crippen LogP contribution is 2.16. The Morgan fingerprint density at radius 3 is 2.64 bits per heavy atom. The Kier molecular flexibility index (Phi) is 3.17. The van der Waals surface area contributed by atoms with E-state index in [0.717, 1.165) is 0 Å². The molecule has 0 aromatic carbocycles. The molecule has 1 heterocycles. The molecule has 1 aromatic heterocycles. The number of rotatable bonds is 4. The molecular formula is C8H16N4O2. The molecule has 14 heavy (non-hydrogen) atoms. The summed E-state index contributed by atoms with van der Waals surface area (Å²) in [6.45, 7) is 3.40. The lowest BCUT2D eigenvalue weighted by Crippen LogP contribution is -2.40. The summed E-state index contributed by atoms with van der Waals surface area (Å²) in [7, 11) is 1.65. The Balaban J connectivity index is 2.61. The van der Waals surface area contributed by atoms with Gasteiger partial charge in [-0.2, -0.15) is 4.80 Å². The van der Waals surface area contributed by atoms with E-state index in [2.05, 4.69) is 15.4 Å². The van der Waals surface area contributed by atoms with Crippen molar-refractivity contribution in [2.75, 3.05) is 0 Å². The lowest BCUT2D eigenvalue weighted by atomic mass is 9.94. The third-order valence-corrected chi connectivity index (χ3v) is 2.36. The van der Waals surface area contributed by atoms with Crippen LogP contribution in [0, 0.1) is 0 Å². The topological polar surface area (TPSA) is 84.1 Å². The van der Waals surface area contributed by atoms with E-state index < -0.39 is 11.7 Å². The van der Waals surface area contributed by atoms with Crippen LogP contribution in [0.1, 0.15) is 26.1 Å². The van der Waals surface area contributed by atoms with Gasteiger partial charge in [0, 0.05) is 6.42 Å². The SMILES string of the molecule is CCC(C)(O)C(O)Cc1nnn(C)n1. The van der Waals surface area contributed by atoms with Gasteiger partial charge >= 0.3 is 0 Å². The Hall–Kier alpha value is -1.01. The van der Waals surface area contributed by atoms with Crippen molar-refractivity contribution in [1.82, 2.24) is 20.2 Å². The number of aryl methyl sites for hydroxylation is 1. The van der Waals surface area contributed by atoms with Crippen molar-refractivity contribution in [2.24, 2.45) is 7.05 Å². The zero-order chi connectivity index (χ0) is 10.8. The van der Waals surface area contributed by atoms with Gasteiger partial charge in [-0.25, -0.2) is 0 Å². The van der Waals surface area contributed by atoms with E-state index in [-0.39, 0.29) is 6.42 Å². The van der Waals surface area contributed by atoms with E-state index >= 15 is 0 Å². The third-order valence-electron chi connectivity index (χ3n) is 2.36. The standard InChI is InChI=1S/C8H16N4O2/c1-4-8(2,14)6(13)5-7-9-11-12(3)10-7/h6,13-14H,4-5H2,1-3H3. The van der Waals surface area contributed by atoms with Crippen molar-refractivity contribution in [3.8, 4) is 0 Å². The molecule has 0 amide bonds. The monoisotopic (exact) mass is 200 g/mol. The summed E-state index contributed by atoms with van der Waals surface area (Å²) in [5.41, 5.74) is -1.10. The van der Waals surface area contributed by atoms with E-state index in [1.807, 2.05) is 6.92 Å². The molecular weight excluding hydrogens is 184 g/mol. The first-order chi connectivity index (χ1) is 6.45. The van der Waals surface area contributed by atoms with Crippen LogP contribution in [0.15, 0.2) is 0 Å². The van der Waals surface area contributed by atoms with Crippen molar-refractivity contribution < 1.29 is 10.2 Å². The van der Waals surface area contributed by atoms with Crippen LogP contribution < -0.4 is 0 Å². The molecule has 0 fully saturated rings. The molecule has 6 nitrogen and oxygen atoms in total. The van der Waals surface area contributed by atoms with Gasteiger partial charge < -0.3 is 10.2 Å². The molecule has 1 aromatic rings. The highest BCUT2D eigenvalue weighted by atomic mass is 16.3. The molecule has 2 unspecified atom stereocenters. The van der Waals surface area contributed by atoms with Crippen molar-refractivity contribution in [2.45, 2.75) is 38.4 Å². The smallest absolute Gasteiger partial charge is 0.177 e. The van der Waals surface area contributed by atoms with Crippen LogP contribution in [-0.2, 0) is 13.5 Å². The second-order valence-electron chi connectivity index (χ2n) is 3.63. The lowest BCUT2D eigenvalue weighted by molar-refractivity contribution is -0.0637. The molecule has 0 saturated heterocycles. The first kappa shape index (κ1) is 11.1. The number of hydrogen-bond acceptors (Lipinski definition) is 5. The first-order valence-electron chi connectivity index (χ1n) is 4.59. The van der Waals surface area contributed by atoms with Crippen molar-refractivity contribution in [3.05, 3.63) is 5.82 Å². The number of aromatic nitrogens is 4. The Morgan fingerprint density at radius 2 is 2.21 bits per heavy atom. The van der Waals surface area contributed by atoms with Gasteiger partial charge in [-0.3, -0.25) is 0 Å². The van der Waals surface area contributed by atoms with Crippen LogP contribution in [0.25, 0.3) is 0 Å². The number of nitrogens with zero attached hydrogens (tertiary/aromatic N) is 4. The van der Waals surface area contributed by atoms with E-state index in [9.17, 15) is 10.2 Å². The zero-order valence-corrected chi connectivity index (χ0v) is 8.67. The van der Waals surface area contributed by atoms with Crippen molar-refractivity contribution in [1.29, 1.82) is 0 Å². The van der Waals surface area contributed by atoms with Crippen LogP contribution in [-0.4, -0.2) is 42.1 Å². The molecule has 2 N–H and O–H groups in total. The molecule has 0 aliphatic rings. The largest absolute Gasteiger partial charge is 0.390 e. The number of hydrogen-bond donors (Lipinski definition) is 2. The van der Waals surface area contributed by atoms with E-state index in [1.165, 1.54) is 4.80 Å². The molecule has 0 aliphatic carbocycles. The third kappa shape index (κ3) is 2.49. The fourth-order valence-corrected chi connectivity index (χ4v) is 1.03. The van der Waals surface area contributed by atoms with Crippen LogP contribution in [0.4, 0.5) is 0 Å². The van der Waals surface area contributed by atoms with Crippen LogP contribution in [0.2, 0.25) is 0 Å². The van der Waals surface area contributed by atoms with Crippen LogP contribution in [0.3, 0.4) is 0 Å². The molecule has 0 spiro atoms. The minimum Gasteiger partial charge on any atom is -0.390 e. The van der Waals surface area contributed by atoms with Gasteiger partial charge in [0.05, 0.1) is 18.8 Å². The maximum atomic E-state index is 9.73. The molecule has 2 atom stereocenters. The summed E-state index contributed by atoms with van der Waals surface area (Å²) in [5.74, 6) is 0.439. The first-order valence-corrected chi connectivity index (χ1v) is 4.59. The lowest BCUT2D eigenvalue weighted by Gasteiger charge is -2.26. The number of aliphatic hydroxyl groups is 2. The van der Waals surface area contributed by atoms with Crippen LogP contribution >= 0.6 is 0 Å². The Morgan fingerprint density at radius 1 is 1.57 bits per heavy atom. The van der Waals surface area contributed by atoms with Crippen LogP contribution in [0.5, 0.6) is 0 Å². The second kappa shape index (κ2) is 4.02. The normalized spacial score (nSPS) is 17.8. The summed E-state index contributed by atoms with van der Waals surface area (Å²) in [6, 6.07) is 0. The van der Waals surface area contributed by atoms with Gasteiger partial charge in [-0.05, 0) is 18.6 Å². The molecule has 1 rings (SSSR count). The van der Waals surface area contributed by atoms with Gasteiger partial charge in [0.1, 0.15) is 0 Å². The molecule has 0 aliphatic heterocycles. The fourth-order valence-electron chi connectivity index (χ4n) is 1.03. The van der Waals surface area contributed by atoms with Crippen molar-refractivity contribution in [3.63, 3.8) is 0 Å². The average molecular weight is 200 g/mol. The summed E-state index contributed by atoms with van der Waals surface area (Å²) in [4.78, 5) is 1.32. The Labute approximate surface area is 82.6 Å². The van der Waals surface area contributed by atoms with E-state index in [1.54, 1.807) is 14.0 Å². The van der Waals surface area contributed by atoms with E-state index in [4.69, 9.17) is 0 Å². The fraction of sp³-hybridized carbons (Fsp3) is 0.875. The van der Waals surface area contributed by atoms with Crippen molar-refractivity contribution >= 4 is 0 Å². The number of aliphatic hydroxyl groups excluding tert-OH is 1. The molecule has 0 saturated carbocycles.